The lowest BCUT2D eigenvalue weighted by Gasteiger charge is -2.09. The maximum atomic E-state index is 11.8. The van der Waals surface area contributed by atoms with Gasteiger partial charge in [-0.3, -0.25) is 14.9 Å². The van der Waals surface area contributed by atoms with E-state index in [2.05, 4.69) is 15.9 Å². The average molecular weight is 321 g/mol. The molecule has 1 aliphatic rings. The van der Waals surface area contributed by atoms with Gasteiger partial charge in [0.25, 0.3) is 21.6 Å². The first-order valence-corrected chi connectivity index (χ1v) is 6.87. The Hall–Kier alpha value is -1.48. The number of nitro groups is 1. The van der Waals surface area contributed by atoms with Crippen molar-refractivity contribution >= 4 is 37.5 Å². The summed E-state index contributed by atoms with van der Waals surface area (Å²) in [6, 6.07) is 3.10. The van der Waals surface area contributed by atoms with E-state index in [9.17, 15) is 23.3 Å². The van der Waals surface area contributed by atoms with E-state index in [0.29, 0.717) is 4.31 Å². The molecule has 0 atom stereocenters. The van der Waals surface area contributed by atoms with Gasteiger partial charge in [0, 0.05) is 12.1 Å². The van der Waals surface area contributed by atoms with Crippen molar-refractivity contribution in [2.45, 2.75) is 4.90 Å². The van der Waals surface area contributed by atoms with Crippen molar-refractivity contribution in [3.8, 4) is 0 Å². The topological polar surface area (TPSA) is 97.6 Å². The zero-order valence-corrected chi connectivity index (χ0v) is 10.6. The number of carbonyl (C=O) groups is 1. The fourth-order valence-electron chi connectivity index (χ4n) is 1.50. The molecule has 0 saturated heterocycles. The number of nitrogens with zero attached hydrogens (tertiary/aromatic N) is 2. The van der Waals surface area contributed by atoms with Gasteiger partial charge < -0.3 is 0 Å². The Kier molecular flexibility index (Phi) is 2.66. The van der Waals surface area contributed by atoms with Gasteiger partial charge in [-0.2, -0.15) is 0 Å². The van der Waals surface area contributed by atoms with Crippen LogP contribution in [0.2, 0.25) is 0 Å². The van der Waals surface area contributed by atoms with Crippen LogP contribution >= 0.6 is 15.9 Å². The van der Waals surface area contributed by atoms with Gasteiger partial charge in [0.1, 0.15) is 4.90 Å². The van der Waals surface area contributed by atoms with E-state index in [0.717, 1.165) is 18.2 Å². The fraction of sp³-hybridized carbons (Fsp3) is 0.125. The van der Waals surface area contributed by atoms with Gasteiger partial charge in [-0.25, -0.2) is 12.7 Å². The summed E-state index contributed by atoms with van der Waals surface area (Å²) in [6.07, 6.45) is 0. The van der Waals surface area contributed by atoms with Crippen LogP contribution in [0.5, 0.6) is 0 Å². The lowest BCUT2D eigenvalue weighted by molar-refractivity contribution is -0.384. The molecule has 1 aromatic carbocycles. The minimum Gasteiger partial charge on any atom is -0.268 e. The van der Waals surface area contributed by atoms with E-state index in [1.807, 2.05) is 0 Å². The molecule has 0 radical (unpaired) electrons. The number of halogens is 1. The summed E-state index contributed by atoms with van der Waals surface area (Å²) in [5, 5.41) is 10.5. The number of amides is 1. The highest BCUT2D eigenvalue weighted by Gasteiger charge is 2.41. The van der Waals surface area contributed by atoms with Crippen molar-refractivity contribution < 1.29 is 18.1 Å². The number of fused-ring (bicyclic) bond motifs is 1. The summed E-state index contributed by atoms with van der Waals surface area (Å²) in [4.78, 5) is 21.4. The van der Waals surface area contributed by atoms with Gasteiger partial charge in [0.15, 0.2) is 0 Å². The Morgan fingerprint density at radius 2 is 2.06 bits per heavy atom. The number of benzene rings is 1. The molecule has 1 amide bonds. The number of hydrogen-bond donors (Lipinski definition) is 0. The van der Waals surface area contributed by atoms with Gasteiger partial charge in [0.05, 0.1) is 15.9 Å². The van der Waals surface area contributed by atoms with Crippen LogP contribution in [0.1, 0.15) is 10.4 Å². The first-order chi connectivity index (χ1) is 7.89. The third-order valence-corrected chi connectivity index (χ3v) is 4.93. The van der Waals surface area contributed by atoms with Crippen LogP contribution in [0.3, 0.4) is 0 Å². The van der Waals surface area contributed by atoms with Crippen molar-refractivity contribution in [2.75, 3.05) is 5.45 Å². The maximum absolute atomic E-state index is 11.8. The molecule has 0 bridgehead atoms. The maximum Gasteiger partial charge on any atom is 0.270 e. The van der Waals surface area contributed by atoms with Crippen molar-refractivity contribution in [3.05, 3.63) is 33.9 Å². The Bertz CT molecular complexity index is 627. The molecule has 0 aliphatic carbocycles. The molecule has 0 saturated carbocycles. The van der Waals surface area contributed by atoms with E-state index in [4.69, 9.17) is 0 Å². The highest BCUT2D eigenvalue weighted by Crippen LogP contribution is 2.32. The third kappa shape index (κ3) is 1.62. The molecule has 0 unspecified atom stereocenters. The predicted octanol–water partition coefficient (Wildman–Crippen LogP) is 1.09. The van der Waals surface area contributed by atoms with Crippen molar-refractivity contribution in [2.24, 2.45) is 0 Å². The molecule has 1 heterocycles. The van der Waals surface area contributed by atoms with Crippen LogP contribution in [0.4, 0.5) is 5.69 Å². The molecule has 7 nitrogen and oxygen atoms in total. The number of nitro benzene ring substituents is 1. The lowest BCUT2D eigenvalue weighted by Crippen LogP contribution is -2.28. The van der Waals surface area contributed by atoms with E-state index in [1.54, 1.807) is 0 Å². The molecule has 0 spiro atoms. The first kappa shape index (κ1) is 12.0. The Labute approximate surface area is 104 Å². The van der Waals surface area contributed by atoms with Gasteiger partial charge in [0.2, 0.25) is 0 Å². The van der Waals surface area contributed by atoms with E-state index in [-0.39, 0.29) is 21.6 Å². The molecule has 17 heavy (non-hydrogen) atoms. The summed E-state index contributed by atoms with van der Waals surface area (Å²) in [6.45, 7) is 0. The first-order valence-electron chi connectivity index (χ1n) is 4.31. The zero-order chi connectivity index (χ0) is 12.8. The standard InChI is InChI=1S/C8H5BrN2O5S/c9-4-10-8(12)6-3-5(11(13)14)1-2-7(6)17(10,15)16/h1-3H,4H2. The van der Waals surface area contributed by atoms with E-state index in [1.165, 1.54) is 0 Å². The van der Waals surface area contributed by atoms with Gasteiger partial charge in [-0.15, -0.1) is 0 Å². The zero-order valence-electron chi connectivity index (χ0n) is 8.16. The summed E-state index contributed by atoms with van der Waals surface area (Å²) < 4.78 is 24.2. The number of rotatable bonds is 2. The van der Waals surface area contributed by atoms with Crippen LogP contribution in [0.15, 0.2) is 23.1 Å². The molecule has 9 heteroatoms. The minimum atomic E-state index is -3.87. The largest absolute Gasteiger partial charge is 0.270 e. The van der Waals surface area contributed by atoms with Crippen LogP contribution in [0, 0.1) is 10.1 Å². The van der Waals surface area contributed by atoms with E-state index >= 15 is 0 Å². The second-order valence-electron chi connectivity index (χ2n) is 3.22. The molecule has 2 rings (SSSR count). The minimum absolute atomic E-state index is 0.168. The molecule has 0 fully saturated rings. The van der Waals surface area contributed by atoms with Gasteiger partial charge >= 0.3 is 0 Å². The van der Waals surface area contributed by atoms with Crippen LogP contribution in [-0.4, -0.2) is 29.0 Å². The average Bonchev–Trinajstić information content (AvgIpc) is 2.46. The van der Waals surface area contributed by atoms with Crippen LogP contribution < -0.4 is 0 Å². The predicted molar refractivity (Wildman–Crippen MR) is 60.2 cm³/mol. The highest BCUT2D eigenvalue weighted by atomic mass is 79.9. The summed E-state index contributed by atoms with van der Waals surface area (Å²) >= 11 is 2.89. The Morgan fingerprint density at radius 1 is 1.41 bits per heavy atom. The van der Waals surface area contributed by atoms with Gasteiger partial charge in [-0.05, 0) is 6.07 Å². The SMILES string of the molecule is O=C1c2cc([N+](=O)[O-])ccc2S(=O)(=O)N1CBr. The fourth-order valence-corrected chi connectivity index (χ4v) is 3.89. The summed E-state index contributed by atoms with van der Waals surface area (Å²) in [5.74, 6) is -0.763. The van der Waals surface area contributed by atoms with Crippen molar-refractivity contribution in [1.82, 2.24) is 4.31 Å². The van der Waals surface area contributed by atoms with Crippen LogP contribution in [-0.2, 0) is 10.0 Å². The van der Waals surface area contributed by atoms with Crippen molar-refractivity contribution in [1.29, 1.82) is 0 Å². The second-order valence-corrected chi connectivity index (χ2v) is 5.55. The summed E-state index contributed by atoms with van der Waals surface area (Å²) in [5.41, 5.74) is -0.668. The number of non-ortho nitro benzene ring substituents is 1. The second kappa shape index (κ2) is 3.77. The Balaban J connectivity index is 2.69. The number of alkyl halides is 1. The molecule has 0 aromatic heterocycles. The normalized spacial score (nSPS) is 17.0. The molecule has 0 N–H and O–H groups in total. The molecular weight excluding hydrogens is 316 g/mol. The monoisotopic (exact) mass is 320 g/mol. The number of sulfonamides is 1. The number of carbonyl (C=O) groups excluding carboxylic acids is 1. The van der Waals surface area contributed by atoms with Gasteiger partial charge in [-0.1, -0.05) is 15.9 Å². The smallest absolute Gasteiger partial charge is 0.268 e. The summed E-state index contributed by atoms with van der Waals surface area (Å²) in [7, 11) is -3.87. The number of hydrogen-bond acceptors (Lipinski definition) is 5. The lowest BCUT2D eigenvalue weighted by atomic mass is 10.2. The third-order valence-electron chi connectivity index (χ3n) is 2.31. The quantitative estimate of drug-likeness (QED) is 0.351. The highest BCUT2D eigenvalue weighted by molar-refractivity contribution is 9.09. The molecule has 1 aliphatic heterocycles. The molecule has 90 valence electrons. The molecule has 1 aromatic rings. The van der Waals surface area contributed by atoms with Crippen LogP contribution in [0.25, 0.3) is 0 Å². The van der Waals surface area contributed by atoms with Crippen molar-refractivity contribution in [3.63, 3.8) is 0 Å². The Morgan fingerprint density at radius 3 is 2.59 bits per heavy atom. The molecular formula is C8H5BrN2O5S. The van der Waals surface area contributed by atoms with E-state index < -0.39 is 20.9 Å².